The van der Waals surface area contributed by atoms with E-state index in [0.717, 1.165) is 23.8 Å². The molecule has 0 unspecified atom stereocenters. The standard InChI is InChI=1S/C22H29FN3O9P/c1-13(2)22(4,19(29)30)25-36(32,35-14-8-6-5-7-9-14)33-12-15-17(28)21(3,23)18(34-15)26-11-10-16(27)24-20(26)31/h5-11,13,15,17-18,28H,12H2,1-4H3,(H,25,32)(H,29,30)(H,24,27,31)/t15-,17-,18-,21-,22+,36+/m1/s1. The molecular weight excluding hydrogens is 500 g/mol. The van der Waals surface area contributed by atoms with Gasteiger partial charge in [-0.05, 0) is 31.9 Å². The molecule has 0 amide bonds. The number of hydrogen-bond acceptors (Lipinski definition) is 8. The van der Waals surface area contributed by atoms with Crippen LogP contribution in [0.2, 0.25) is 0 Å². The summed E-state index contributed by atoms with van der Waals surface area (Å²) < 4.78 is 46.5. The summed E-state index contributed by atoms with van der Waals surface area (Å²) in [6, 6.07) is 8.83. The first kappa shape index (κ1) is 27.8. The van der Waals surface area contributed by atoms with E-state index in [1.165, 1.54) is 19.1 Å². The van der Waals surface area contributed by atoms with Crippen LogP contribution in [0.25, 0.3) is 0 Å². The Balaban J connectivity index is 1.88. The number of carboxylic acids is 1. The molecule has 1 aromatic carbocycles. The van der Waals surface area contributed by atoms with Crippen molar-refractivity contribution in [1.29, 1.82) is 0 Å². The van der Waals surface area contributed by atoms with Gasteiger partial charge in [0.2, 0.25) is 0 Å². The zero-order valence-corrected chi connectivity index (χ0v) is 21.0. The number of alkyl halides is 1. The van der Waals surface area contributed by atoms with Gasteiger partial charge in [0, 0.05) is 12.3 Å². The van der Waals surface area contributed by atoms with Gasteiger partial charge in [-0.25, -0.2) is 13.8 Å². The minimum Gasteiger partial charge on any atom is -0.480 e. The minimum atomic E-state index is -4.46. The fourth-order valence-electron chi connectivity index (χ4n) is 3.54. The second-order valence-electron chi connectivity index (χ2n) is 9.11. The summed E-state index contributed by atoms with van der Waals surface area (Å²) in [5, 5.41) is 22.8. The maximum absolute atomic E-state index is 15.5. The fourth-order valence-corrected chi connectivity index (χ4v) is 5.37. The number of benzene rings is 1. The molecule has 0 bridgehead atoms. The topological polar surface area (TPSA) is 169 Å². The van der Waals surface area contributed by atoms with Gasteiger partial charge in [-0.2, -0.15) is 5.09 Å². The molecule has 0 radical (unpaired) electrons. The van der Waals surface area contributed by atoms with E-state index in [1.807, 2.05) is 4.98 Å². The average molecular weight is 529 g/mol. The van der Waals surface area contributed by atoms with Crippen LogP contribution in [0.3, 0.4) is 0 Å². The molecule has 1 saturated heterocycles. The molecule has 0 spiro atoms. The monoisotopic (exact) mass is 529 g/mol. The summed E-state index contributed by atoms with van der Waals surface area (Å²) in [6.07, 6.45) is -3.91. The van der Waals surface area contributed by atoms with E-state index in [-0.39, 0.29) is 5.75 Å². The summed E-state index contributed by atoms with van der Waals surface area (Å²) in [4.78, 5) is 37.5. The molecule has 1 aromatic heterocycles. The number of hydrogen-bond donors (Lipinski definition) is 4. The smallest absolute Gasteiger partial charge is 0.459 e. The number of aliphatic carboxylic acids is 1. The lowest BCUT2D eigenvalue weighted by molar-refractivity contribution is -0.145. The predicted molar refractivity (Wildman–Crippen MR) is 125 cm³/mol. The zero-order chi connectivity index (χ0) is 26.9. The van der Waals surface area contributed by atoms with Crippen molar-refractivity contribution in [2.75, 3.05) is 6.61 Å². The summed E-state index contributed by atoms with van der Waals surface area (Å²) >= 11 is 0. The second-order valence-corrected chi connectivity index (χ2v) is 10.8. The summed E-state index contributed by atoms with van der Waals surface area (Å²) in [6.45, 7) is 4.80. The van der Waals surface area contributed by atoms with Crippen molar-refractivity contribution in [1.82, 2.24) is 14.6 Å². The van der Waals surface area contributed by atoms with Crippen molar-refractivity contribution < 1.29 is 37.7 Å². The molecule has 1 aliphatic heterocycles. The highest BCUT2D eigenvalue weighted by atomic mass is 31.2. The highest BCUT2D eigenvalue weighted by molar-refractivity contribution is 7.52. The molecule has 36 heavy (non-hydrogen) atoms. The van der Waals surface area contributed by atoms with Crippen molar-refractivity contribution in [2.24, 2.45) is 5.92 Å². The number of nitrogens with one attached hydrogen (secondary N) is 2. The summed E-state index contributed by atoms with van der Waals surface area (Å²) in [5.41, 5.74) is -5.92. The molecule has 198 valence electrons. The number of rotatable bonds is 10. The van der Waals surface area contributed by atoms with E-state index in [1.54, 1.807) is 32.0 Å². The first-order valence-electron chi connectivity index (χ1n) is 11.1. The lowest BCUT2D eigenvalue weighted by Crippen LogP contribution is -2.53. The average Bonchev–Trinajstić information content (AvgIpc) is 3.01. The number of nitrogens with zero attached hydrogens (tertiary/aromatic N) is 1. The van der Waals surface area contributed by atoms with Crippen LogP contribution >= 0.6 is 7.75 Å². The first-order valence-corrected chi connectivity index (χ1v) is 12.6. The molecule has 1 fully saturated rings. The zero-order valence-electron chi connectivity index (χ0n) is 20.1. The van der Waals surface area contributed by atoms with Crippen molar-refractivity contribution >= 4 is 13.7 Å². The van der Waals surface area contributed by atoms with Gasteiger partial charge in [0.1, 0.15) is 23.5 Å². The molecule has 0 aliphatic carbocycles. The lowest BCUT2D eigenvalue weighted by Gasteiger charge is -2.33. The maximum atomic E-state index is 15.5. The van der Waals surface area contributed by atoms with Gasteiger partial charge < -0.3 is 19.5 Å². The second kappa shape index (κ2) is 10.3. The number of para-hydroxylation sites is 1. The molecule has 2 heterocycles. The number of aromatic nitrogens is 2. The summed E-state index contributed by atoms with van der Waals surface area (Å²) in [7, 11) is -4.46. The normalized spacial score (nSPS) is 27.4. The van der Waals surface area contributed by atoms with Crippen molar-refractivity contribution in [2.45, 2.75) is 57.3 Å². The van der Waals surface area contributed by atoms with Gasteiger partial charge in [-0.15, -0.1) is 0 Å². The van der Waals surface area contributed by atoms with Gasteiger partial charge in [0.05, 0.1) is 6.61 Å². The fraction of sp³-hybridized carbons (Fsp3) is 0.500. The number of halogens is 1. The van der Waals surface area contributed by atoms with E-state index < -0.39 is 67.1 Å². The van der Waals surface area contributed by atoms with Crippen molar-refractivity contribution in [3.63, 3.8) is 0 Å². The number of carboxylic acid groups (broad SMARTS) is 1. The third-order valence-electron chi connectivity index (χ3n) is 6.17. The number of ether oxygens (including phenoxy) is 1. The lowest BCUT2D eigenvalue weighted by atomic mass is 9.90. The highest BCUT2D eigenvalue weighted by Gasteiger charge is 2.56. The number of carbonyl (C=O) groups is 1. The van der Waals surface area contributed by atoms with Gasteiger partial charge in [-0.3, -0.25) is 23.7 Å². The maximum Gasteiger partial charge on any atom is 0.459 e. The molecule has 1 aliphatic rings. The number of aliphatic hydroxyl groups excluding tert-OH is 1. The Morgan fingerprint density at radius 1 is 1.33 bits per heavy atom. The number of aliphatic hydroxyl groups is 1. The van der Waals surface area contributed by atoms with Gasteiger partial charge in [0.25, 0.3) is 5.56 Å². The molecule has 6 atom stereocenters. The number of aromatic amines is 1. The van der Waals surface area contributed by atoms with Crippen LogP contribution < -0.4 is 20.9 Å². The molecule has 2 aromatic rings. The molecule has 0 saturated carbocycles. The van der Waals surface area contributed by atoms with E-state index in [4.69, 9.17) is 13.8 Å². The quantitative estimate of drug-likeness (QED) is 0.333. The van der Waals surface area contributed by atoms with Crippen molar-refractivity contribution in [3.8, 4) is 5.75 Å². The van der Waals surface area contributed by atoms with Crippen LogP contribution in [0.1, 0.15) is 33.9 Å². The van der Waals surface area contributed by atoms with E-state index >= 15 is 4.39 Å². The van der Waals surface area contributed by atoms with Crippen LogP contribution in [0.5, 0.6) is 5.75 Å². The largest absolute Gasteiger partial charge is 0.480 e. The molecular formula is C22H29FN3O9P. The Bertz CT molecular complexity index is 1250. The predicted octanol–water partition coefficient (Wildman–Crippen LogP) is 1.82. The summed E-state index contributed by atoms with van der Waals surface area (Å²) in [5.74, 6) is -1.78. The molecule has 12 nitrogen and oxygen atoms in total. The Kier molecular flexibility index (Phi) is 7.92. The van der Waals surface area contributed by atoms with Crippen LogP contribution in [0.15, 0.2) is 52.2 Å². The third-order valence-corrected chi connectivity index (χ3v) is 7.85. The van der Waals surface area contributed by atoms with E-state index in [9.17, 15) is 29.2 Å². The Labute approximate surface area is 205 Å². The molecule has 14 heteroatoms. The van der Waals surface area contributed by atoms with E-state index in [0.29, 0.717) is 0 Å². The van der Waals surface area contributed by atoms with Gasteiger partial charge in [-0.1, -0.05) is 32.0 Å². The molecule has 3 rings (SSSR count). The number of H-pyrrole nitrogens is 1. The first-order chi connectivity index (χ1) is 16.7. The third kappa shape index (κ3) is 5.60. The minimum absolute atomic E-state index is 0.103. The van der Waals surface area contributed by atoms with Crippen LogP contribution in [0.4, 0.5) is 4.39 Å². The van der Waals surface area contributed by atoms with Crippen LogP contribution in [-0.4, -0.2) is 55.8 Å². The van der Waals surface area contributed by atoms with E-state index in [2.05, 4.69) is 5.09 Å². The molecule has 4 N–H and O–H groups in total. The Hall–Kier alpha value is -2.83. The van der Waals surface area contributed by atoms with Crippen LogP contribution in [-0.2, 0) is 18.6 Å². The highest BCUT2D eigenvalue weighted by Crippen LogP contribution is 2.49. The Morgan fingerprint density at radius 2 is 1.97 bits per heavy atom. The Morgan fingerprint density at radius 3 is 2.53 bits per heavy atom. The van der Waals surface area contributed by atoms with Crippen LogP contribution in [0, 0.1) is 5.92 Å². The van der Waals surface area contributed by atoms with Gasteiger partial charge in [0.15, 0.2) is 11.9 Å². The van der Waals surface area contributed by atoms with Gasteiger partial charge >= 0.3 is 19.4 Å². The SMILES string of the molecule is CC(C)[C@](C)(N[P@](=O)(OC[C@H]1O[C@@H](n2ccc(=O)[nH]c2=O)[C@](C)(F)[C@@H]1O)Oc1ccccc1)C(=O)O. The van der Waals surface area contributed by atoms with Crippen molar-refractivity contribution in [3.05, 3.63) is 63.4 Å².